The average Bonchev–Trinajstić information content (AvgIpc) is 2.37. The van der Waals surface area contributed by atoms with Crippen LogP contribution < -0.4 is 10.5 Å². The van der Waals surface area contributed by atoms with Crippen molar-refractivity contribution in [3.63, 3.8) is 0 Å². The summed E-state index contributed by atoms with van der Waals surface area (Å²) in [6.45, 7) is 3.54. The molecule has 1 aromatic rings. The summed E-state index contributed by atoms with van der Waals surface area (Å²) in [5.41, 5.74) is 6.45. The number of sulfonamides is 1. The van der Waals surface area contributed by atoms with E-state index in [1.54, 1.807) is 13.0 Å². The van der Waals surface area contributed by atoms with Crippen LogP contribution in [0.25, 0.3) is 0 Å². The van der Waals surface area contributed by atoms with Gasteiger partial charge >= 0.3 is 0 Å². The topological polar surface area (TPSA) is 84.7 Å². The van der Waals surface area contributed by atoms with Crippen molar-refractivity contribution in [2.45, 2.75) is 11.8 Å². The normalized spacial score (nSPS) is 12.0. The van der Waals surface area contributed by atoms with E-state index in [2.05, 4.69) is 4.72 Å². The molecule has 120 valence electrons. The molecule has 0 aliphatic rings. The number of nitrogens with one attached hydrogen (secondary N) is 1. The Balaban J connectivity index is 2.56. The van der Waals surface area contributed by atoms with Crippen LogP contribution in [0.1, 0.15) is 5.56 Å². The summed E-state index contributed by atoms with van der Waals surface area (Å²) in [4.78, 5) is 2.13. The Morgan fingerprint density at radius 1 is 1.33 bits per heavy atom. The lowest BCUT2D eigenvalue weighted by molar-refractivity contribution is 0.122. The molecule has 0 radical (unpaired) electrons. The van der Waals surface area contributed by atoms with Crippen LogP contribution in [0.2, 0.25) is 5.02 Å². The third-order valence-electron chi connectivity index (χ3n) is 2.81. The van der Waals surface area contributed by atoms with Crippen molar-refractivity contribution < 1.29 is 13.2 Å². The summed E-state index contributed by atoms with van der Waals surface area (Å²) in [5, 5.41) is 0.346. The van der Waals surface area contributed by atoms with Crippen molar-refractivity contribution in [2.24, 2.45) is 0 Å². The molecule has 0 aliphatic heterocycles. The van der Waals surface area contributed by atoms with Crippen molar-refractivity contribution in [3.05, 3.63) is 22.7 Å². The van der Waals surface area contributed by atoms with Gasteiger partial charge in [0.25, 0.3) is 0 Å². The van der Waals surface area contributed by atoms with E-state index in [4.69, 9.17) is 22.1 Å². The summed E-state index contributed by atoms with van der Waals surface area (Å²) in [6, 6.07) is 2.91. The Labute approximate surface area is 131 Å². The number of hydrogen-bond acceptors (Lipinski definition) is 5. The molecule has 21 heavy (non-hydrogen) atoms. The quantitative estimate of drug-likeness (QED) is 0.548. The Morgan fingerprint density at radius 2 is 2.00 bits per heavy atom. The van der Waals surface area contributed by atoms with Crippen molar-refractivity contribution in [2.75, 3.05) is 46.1 Å². The number of nitrogens with zero attached hydrogens (tertiary/aromatic N) is 1. The number of aryl methyl sites for hydroxylation is 1. The highest BCUT2D eigenvalue weighted by Gasteiger charge is 2.17. The first-order valence-electron chi connectivity index (χ1n) is 6.52. The van der Waals surface area contributed by atoms with Gasteiger partial charge in [0.05, 0.1) is 28.8 Å². The van der Waals surface area contributed by atoms with E-state index >= 15 is 0 Å². The van der Waals surface area contributed by atoms with Crippen LogP contribution >= 0.6 is 11.6 Å². The molecule has 0 heterocycles. The third-order valence-corrected chi connectivity index (χ3v) is 4.74. The maximum atomic E-state index is 12.2. The minimum Gasteiger partial charge on any atom is -0.397 e. The maximum absolute atomic E-state index is 12.2. The van der Waals surface area contributed by atoms with Crippen molar-refractivity contribution in [3.8, 4) is 0 Å². The molecule has 0 fully saturated rings. The third kappa shape index (κ3) is 5.80. The molecule has 1 aromatic carbocycles. The second-order valence-electron chi connectivity index (χ2n) is 4.95. The number of likely N-dealkylation sites (N-methyl/N-ethyl adjacent to an activating group) is 1. The summed E-state index contributed by atoms with van der Waals surface area (Å²) in [5.74, 6) is 0. The molecule has 3 N–H and O–H groups in total. The number of nitrogen functional groups attached to an aromatic ring is 1. The summed E-state index contributed by atoms with van der Waals surface area (Å²) < 4.78 is 32.2. The number of hydrogen-bond donors (Lipinski definition) is 2. The number of rotatable bonds is 8. The number of benzene rings is 1. The lowest BCUT2D eigenvalue weighted by Gasteiger charge is -2.12. The van der Waals surface area contributed by atoms with E-state index in [0.717, 1.165) is 6.54 Å². The standard InChI is InChI=1S/C13H22ClN3O3S/c1-10-8-11(14)12(15)9-13(10)21(18,19)16-4-6-20-7-5-17(2)3/h8-9,16H,4-7,15H2,1-3H3. The van der Waals surface area contributed by atoms with Gasteiger partial charge in [0.2, 0.25) is 10.0 Å². The van der Waals surface area contributed by atoms with Crippen LogP contribution in [0.3, 0.4) is 0 Å². The lowest BCUT2D eigenvalue weighted by Crippen LogP contribution is -2.29. The first-order chi connectivity index (χ1) is 9.74. The van der Waals surface area contributed by atoms with Gasteiger partial charge in [-0.2, -0.15) is 0 Å². The highest BCUT2D eigenvalue weighted by Crippen LogP contribution is 2.25. The minimum absolute atomic E-state index is 0.137. The van der Waals surface area contributed by atoms with Crippen LogP contribution in [-0.4, -0.2) is 53.7 Å². The van der Waals surface area contributed by atoms with Crippen molar-refractivity contribution in [1.29, 1.82) is 0 Å². The molecule has 0 bridgehead atoms. The van der Waals surface area contributed by atoms with Gasteiger partial charge in [-0.05, 0) is 38.7 Å². The molecular formula is C13H22ClN3O3S. The van der Waals surface area contributed by atoms with Crippen LogP contribution in [-0.2, 0) is 14.8 Å². The molecule has 1 rings (SSSR count). The van der Waals surface area contributed by atoms with E-state index < -0.39 is 10.0 Å². The lowest BCUT2D eigenvalue weighted by atomic mass is 10.2. The van der Waals surface area contributed by atoms with Crippen LogP contribution in [0.5, 0.6) is 0 Å². The Bertz CT molecular complexity index is 576. The van der Waals surface area contributed by atoms with Gasteiger partial charge < -0.3 is 15.4 Å². The summed E-state index contributed by atoms with van der Waals surface area (Å²) in [6.07, 6.45) is 0. The SMILES string of the molecule is Cc1cc(Cl)c(N)cc1S(=O)(=O)NCCOCCN(C)C. The molecule has 0 saturated carbocycles. The molecular weight excluding hydrogens is 314 g/mol. The fraction of sp³-hybridized carbons (Fsp3) is 0.538. The number of anilines is 1. The van der Waals surface area contributed by atoms with E-state index in [1.165, 1.54) is 6.07 Å². The highest BCUT2D eigenvalue weighted by molar-refractivity contribution is 7.89. The first kappa shape index (κ1) is 18.2. The minimum atomic E-state index is -3.61. The zero-order valence-electron chi connectivity index (χ0n) is 12.5. The molecule has 0 amide bonds. The smallest absolute Gasteiger partial charge is 0.240 e. The Morgan fingerprint density at radius 3 is 2.62 bits per heavy atom. The van der Waals surface area contributed by atoms with Crippen LogP contribution in [0, 0.1) is 6.92 Å². The first-order valence-corrected chi connectivity index (χ1v) is 8.38. The average molecular weight is 336 g/mol. The largest absolute Gasteiger partial charge is 0.397 e. The van der Waals surface area contributed by atoms with Crippen LogP contribution in [0.15, 0.2) is 17.0 Å². The molecule has 0 spiro atoms. The fourth-order valence-electron chi connectivity index (χ4n) is 1.63. The van der Waals surface area contributed by atoms with Crippen molar-refractivity contribution >= 4 is 27.3 Å². The molecule has 0 atom stereocenters. The predicted octanol–water partition coefficient (Wildman–Crippen LogP) is 1.09. The van der Waals surface area contributed by atoms with E-state index in [1.807, 2.05) is 19.0 Å². The number of ether oxygens (including phenoxy) is 1. The van der Waals surface area contributed by atoms with E-state index in [-0.39, 0.29) is 17.1 Å². The van der Waals surface area contributed by atoms with Crippen LogP contribution in [0.4, 0.5) is 5.69 Å². The predicted molar refractivity (Wildman–Crippen MR) is 85.2 cm³/mol. The molecule has 0 aliphatic carbocycles. The Kier molecular flexibility index (Phi) is 6.89. The Hall–Kier alpha value is -0.860. The van der Waals surface area contributed by atoms with Gasteiger partial charge in [-0.25, -0.2) is 13.1 Å². The number of nitrogens with two attached hydrogens (primary N) is 1. The van der Waals surface area contributed by atoms with Gasteiger partial charge in [-0.15, -0.1) is 0 Å². The maximum Gasteiger partial charge on any atom is 0.240 e. The molecule has 0 saturated heterocycles. The van der Waals surface area contributed by atoms with Crippen molar-refractivity contribution in [1.82, 2.24) is 9.62 Å². The zero-order valence-corrected chi connectivity index (χ0v) is 14.1. The number of halogens is 1. The van der Waals surface area contributed by atoms with E-state index in [0.29, 0.717) is 23.8 Å². The molecule has 0 unspecified atom stereocenters. The highest BCUT2D eigenvalue weighted by atomic mass is 35.5. The molecule has 6 nitrogen and oxygen atoms in total. The van der Waals surface area contributed by atoms with Gasteiger partial charge in [0.15, 0.2) is 0 Å². The van der Waals surface area contributed by atoms with E-state index in [9.17, 15) is 8.42 Å². The second kappa shape index (κ2) is 7.95. The van der Waals surface area contributed by atoms with Gasteiger partial charge in [-0.1, -0.05) is 11.6 Å². The fourth-order valence-corrected chi connectivity index (χ4v) is 3.12. The monoisotopic (exact) mass is 335 g/mol. The molecule has 8 heteroatoms. The zero-order chi connectivity index (χ0) is 16.0. The molecule has 0 aromatic heterocycles. The van der Waals surface area contributed by atoms with Gasteiger partial charge in [0.1, 0.15) is 0 Å². The van der Waals surface area contributed by atoms with Gasteiger partial charge in [0, 0.05) is 13.1 Å². The summed E-state index contributed by atoms with van der Waals surface area (Å²) >= 11 is 5.86. The van der Waals surface area contributed by atoms with Gasteiger partial charge in [-0.3, -0.25) is 0 Å². The summed E-state index contributed by atoms with van der Waals surface area (Å²) in [7, 11) is 0.276. The second-order valence-corrected chi connectivity index (χ2v) is 7.10.